The number of aromatic amines is 1. The van der Waals surface area contributed by atoms with E-state index in [2.05, 4.69) is 15.3 Å². The van der Waals surface area contributed by atoms with Gasteiger partial charge in [-0.3, -0.25) is 10.1 Å². The molecule has 0 fully saturated rings. The number of amides is 1. The number of benzene rings is 2. The normalized spacial score (nSPS) is 11.0. The van der Waals surface area contributed by atoms with Gasteiger partial charge in [0, 0.05) is 12.7 Å². The molecule has 0 atom stereocenters. The van der Waals surface area contributed by atoms with Gasteiger partial charge in [-0.15, -0.1) is 0 Å². The molecule has 0 aliphatic heterocycles. The first-order valence-corrected chi connectivity index (χ1v) is 7.78. The van der Waals surface area contributed by atoms with Gasteiger partial charge in [-0.1, -0.05) is 6.07 Å². The number of aromatic nitrogens is 2. The van der Waals surface area contributed by atoms with Crippen LogP contribution in [0.25, 0.3) is 11.0 Å². The standard InChI is InChI=1S/C18H18FN3O3/c1-24-8-9-25-11-12-2-7-15-16(10-12)21-18(20-15)22-17(23)13-3-5-14(19)6-4-13/h2-7,10H,8-9,11H2,1H3,(H2,20,21,22,23). The molecule has 0 aliphatic rings. The van der Waals surface area contributed by atoms with Crippen molar-refractivity contribution in [2.45, 2.75) is 6.61 Å². The predicted octanol–water partition coefficient (Wildman–Crippen LogP) is 3.12. The maximum Gasteiger partial charge on any atom is 0.257 e. The number of anilines is 1. The number of hydrogen-bond donors (Lipinski definition) is 2. The van der Waals surface area contributed by atoms with Gasteiger partial charge in [-0.05, 0) is 42.0 Å². The average Bonchev–Trinajstić information content (AvgIpc) is 3.00. The molecular formula is C18H18FN3O3. The first-order chi connectivity index (χ1) is 12.2. The number of nitrogens with zero attached hydrogens (tertiary/aromatic N) is 1. The summed E-state index contributed by atoms with van der Waals surface area (Å²) < 4.78 is 23.3. The largest absolute Gasteiger partial charge is 0.382 e. The Morgan fingerprint density at radius 2 is 2.00 bits per heavy atom. The van der Waals surface area contributed by atoms with Gasteiger partial charge in [-0.2, -0.15) is 0 Å². The van der Waals surface area contributed by atoms with Gasteiger partial charge >= 0.3 is 0 Å². The summed E-state index contributed by atoms with van der Waals surface area (Å²) in [4.78, 5) is 19.5. The highest BCUT2D eigenvalue weighted by atomic mass is 19.1. The van der Waals surface area contributed by atoms with Crippen molar-refractivity contribution in [1.29, 1.82) is 0 Å². The Bertz CT molecular complexity index is 862. The van der Waals surface area contributed by atoms with Crippen LogP contribution in [0.3, 0.4) is 0 Å². The molecule has 2 aromatic carbocycles. The molecule has 0 aliphatic carbocycles. The Kier molecular flexibility index (Phi) is 5.37. The molecule has 0 saturated heterocycles. The first kappa shape index (κ1) is 17.1. The van der Waals surface area contributed by atoms with Crippen molar-refractivity contribution in [1.82, 2.24) is 9.97 Å². The number of rotatable bonds is 7. The third kappa shape index (κ3) is 4.40. The highest BCUT2D eigenvalue weighted by Gasteiger charge is 2.10. The number of nitrogens with one attached hydrogen (secondary N) is 2. The fraction of sp³-hybridized carbons (Fsp3) is 0.222. The zero-order valence-electron chi connectivity index (χ0n) is 13.7. The molecule has 2 N–H and O–H groups in total. The van der Waals surface area contributed by atoms with E-state index in [1.165, 1.54) is 24.3 Å². The highest BCUT2D eigenvalue weighted by molar-refractivity contribution is 6.03. The van der Waals surface area contributed by atoms with E-state index >= 15 is 0 Å². The number of carbonyl (C=O) groups excluding carboxylic acids is 1. The van der Waals surface area contributed by atoms with Crippen molar-refractivity contribution in [3.05, 3.63) is 59.4 Å². The average molecular weight is 343 g/mol. The number of ether oxygens (including phenoxy) is 2. The van der Waals surface area contributed by atoms with E-state index in [1.54, 1.807) is 7.11 Å². The fourth-order valence-corrected chi connectivity index (χ4v) is 2.32. The summed E-state index contributed by atoms with van der Waals surface area (Å²) in [6, 6.07) is 11.0. The molecular weight excluding hydrogens is 325 g/mol. The molecule has 3 rings (SSSR count). The lowest BCUT2D eigenvalue weighted by Gasteiger charge is -2.03. The van der Waals surface area contributed by atoms with Gasteiger partial charge < -0.3 is 14.5 Å². The Balaban J connectivity index is 1.68. The number of fused-ring (bicyclic) bond motifs is 1. The number of hydrogen-bond acceptors (Lipinski definition) is 4. The summed E-state index contributed by atoms with van der Waals surface area (Å²) in [6.07, 6.45) is 0. The van der Waals surface area contributed by atoms with Gasteiger partial charge in [0.25, 0.3) is 5.91 Å². The minimum absolute atomic E-state index is 0.335. The monoisotopic (exact) mass is 343 g/mol. The lowest BCUT2D eigenvalue weighted by atomic mass is 10.2. The van der Waals surface area contributed by atoms with E-state index in [0.29, 0.717) is 31.3 Å². The predicted molar refractivity (Wildman–Crippen MR) is 92.0 cm³/mol. The van der Waals surface area contributed by atoms with E-state index in [-0.39, 0.29) is 11.7 Å². The van der Waals surface area contributed by atoms with E-state index < -0.39 is 0 Å². The van der Waals surface area contributed by atoms with Crippen LogP contribution < -0.4 is 5.32 Å². The maximum atomic E-state index is 12.9. The number of methoxy groups -OCH3 is 1. The van der Waals surface area contributed by atoms with E-state index in [0.717, 1.165) is 16.6 Å². The summed E-state index contributed by atoms with van der Waals surface area (Å²) in [5.41, 5.74) is 2.87. The minimum atomic E-state index is -0.388. The molecule has 0 unspecified atom stereocenters. The molecule has 6 nitrogen and oxygen atoms in total. The van der Waals surface area contributed by atoms with Crippen LogP contribution in [0.2, 0.25) is 0 Å². The summed E-state index contributed by atoms with van der Waals surface area (Å²) in [6.45, 7) is 1.54. The van der Waals surface area contributed by atoms with Crippen molar-refractivity contribution in [3.8, 4) is 0 Å². The van der Waals surface area contributed by atoms with Crippen molar-refractivity contribution in [2.24, 2.45) is 0 Å². The van der Waals surface area contributed by atoms with E-state index in [4.69, 9.17) is 9.47 Å². The minimum Gasteiger partial charge on any atom is -0.382 e. The van der Waals surface area contributed by atoms with Crippen LogP contribution in [0.5, 0.6) is 0 Å². The molecule has 1 heterocycles. The molecule has 25 heavy (non-hydrogen) atoms. The Morgan fingerprint density at radius 1 is 1.20 bits per heavy atom. The van der Waals surface area contributed by atoms with Crippen LogP contribution in [-0.4, -0.2) is 36.2 Å². The highest BCUT2D eigenvalue weighted by Crippen LogP contribution is 2.17. The Labute approximate surface area is 144 Å². The molecule has 3 aromatic rings. The summed E-state index contributed by atoms with van der Waals surface area (Å²) in [7, 11) is 1.63. The van der Waals surface area contributed by atoms with Crippen LogP contribution in [0, 0.1) is 5.82 Å². The Hall–Kier alpha value is -2.77. The second-order valence-electron chi connectivity index (χ2n) is 5.44. The van der Waals surface area contributed by atoms with Crippen molar-refractivity contribution < 1.29 is 18.7 Å². The summed E-state index contributed by atoms with van der Waals surface area (Å²) >= 11 is 0. The summed E-state index contributed by atoms with van der Waals surface area (Å²) in [5, 5.41) is 2.67. The number of imidazole rings is 1. The van der Waals surface area contributed by atoms with Crippen LogP contribution in [0.15, 0.2) is 42.5 Å². The topological polar surface area (TPSA) is 76.2 Å². The second kappa shape index (κ2) is 7.87. The van der Waals surface area contributed by atoms with Crippen molar-refractivity contribution in [3.63, 3.8) is 0 Å². The van der Waals surface area contributed by atoms with E-state index in [1.807, 2.05) is 18.2 Å². The second-order valence-corrected chi connectivity index (χ2v) is 5.44. The quantitative estimate of drug-likeness (QED) is 0.646. The number of H-pyrrole nitrogens is 1. The fourth-order valence-electron chi connectivity index (χ4n) is 2.32. The zero-order chi connectivity index (χ0) is 17.6. The third-order valence-electron chi connectivity index (χ3n) is 3.59. The molecule has 1 amide bonds. The lowest BCUT2D eigenvalue weighted by Crippen LogP contribution is -2.12. The van der Waals surface area contributed by atoms with Gasteiger partial charge in [0.1, 0.15) is 5.82 Å². The Morgan fingerprint density at radius 3 is 2.76 bits per heavy atom. The zero-order valence-corrected chi connectivity index (χ0v) is 13.7. The van der Waals surface area contributed by atoms with Gasteiger partial charge in [0.2, 0.25) is 5.95 Å². The van der Waals surface area contributed by atoms with Crippen molar-refractivity contribution in [2.75, 3.05) is 25.6 Å². The molecule has 0 spiro atoms. The van der Waals surface area contributed by atoms with Gasteiger partial charge in [0.15, 0.2) is 0 Å². The molecule has 130 valence electrons. The number of carbonyl (C=O) groups is 1. The maximum absolute atomic E-state index is 12.9. The lowest BCUT2D eigenvalue weighted by molar-refractivity contribution is 0.0617. The van der Waals surface area contributed by atoms with Crippen LogP contribution in [-0.2, 0) is 16.1 Å². The van der Waals surface area contributed by atoms with Crippen molar-refractivity contribution >= 4 is 22.9 Å². The molecule has 7 heteroatoms. The van der Waals surface area contributed by atoms with Crippen LogP contribution >= 0.6 is 0 Å². The molecule has 0 bridgehead atoms. The number of halogens is 1. The van der Waals surface area contributed by atoms with E-state index in [9.17, 15) is 9.18 Å². The SMILES string of the molecule is COCCOCc1ccc2nc(NC(=O)c3ccc(F)cc3)[nH]c2c1. The molecule has 0 radical (unpaired) electrons. The van der Waals surface area contributed by atoms with Gasteiger partial charge in [0.05, 0.1) is 30.9 Å². The van der Waals surface area contributed by atoms with Crippen LogP contribution in [0.1, 0.15) is 15.9 Å². The first-order valence-electron chi connectivity index (χ1n) is 7.78. The molecule has 0 saturated carbocycles. The van der Waals surface area contributed by atoms with Gasteiger partial charge in [-0.25, -0.2) is 9.37 Å². The third-order valence-corrected chi connectivity index (χ3v) is 3.59. The molecule has 1 aromatic heterocycles. The van der Waals surface area contributed by atoms with Crippen LogP contribution in [0.4, 0.5) is 10.3 Å². The summed E-state index contributed by atoms with van der Waals surface area (Å²) in [5.74, 6) is -0.413. The smallest absolute Gasteiger partial charge is 0.257 e.